The SMILES string of the molecule is C/C(=C/CSc1ccccc1)CC/C=C(\C)CC[C@H]1OC1(C)C. The van der Waals surface area contributed by atoms with Crippen LogP contribution in [0.25, 0.3) is 0 Å². The second-order valence-corrected chi connectivity index (χ2v) is 8.11. The number of epoxide rings is 1. The molecule has 0 unspecified atom stereocenters. The van der Waals surface area contributed by atoms with Crippen LogP contribution in [0.5, 0.6) is 0 Å². The van der Waals surface area contributed by atoms with Gasteiger partial charge in [-0.2, -0.15) is 0 Å². The third kappa shape index (κ3) is 6.97. The van der Waals surface area contributed by atoms with Crippen LogP contribution in [0.2, 0.25) is 0 Å². The summed E-state index contributed by atoms with van der Waals surface area (Å²) >= 11 is 1.90. The minimum absolute atomic E-state index is 0.135. The molecule has 0 spiro atoms. The number of allylic oxidation sites excluding steroid dienone is 3. The molecule has 23 heavy (non-hydrogen) atoms. The minimum Gasteiger partial charge on any atom is -0.367 e. The van der Waals surface area contributed by atoms with Crippen LogP contribution < -0.4 is 0 Å². The Hall–Kier alpha value is -0.990. The van der Waals surface area contributed by atoms with Crippen molar-refractivity contribution in [1.82, 2.24) is 0 Å². The van der Waals surface area contributed by atoms with E-state index in [1.54, 1.807) is 0 Å². The maximum atomic E-state index is 5.64. The van der Waals surface area contributed by atoms with Gasteiger partial charge in [0.1, 0.15) is 0 Å². The molecule has 0 aromatic heterocycles. The number of hydrogen-bond donors (Lipinski definition) is 0. The molecule has 0 saturated carbocycles. The number of ether oxygens (including phenoxy) is 1. The Labute approximate surface area is 146 Å². The van der Waals surface area contributed by atoms with Gasteiger partial charge < -0.3 is 4.74 Å². The van der Waals surface area contributed by atoms with Crippen LogP contribution in [0.4, 0.5) is 0 Å². The molecule has 126 valence electrons. The summed E-state index contributed by atoms with van der Waals surface area (Å²) in [6.07, 6.45) is 9.89. The normalized spacial score (nSPS) is 20.6. The molecule has 1 nitrogen and oxygen atoms in total. The first-order valence-corrected chi connectivity index (χ1v) is 9.63. The van der Waals surface area contributed by atoms with E-state index >= 15 is 0 Å². The van der Waals surface area contributed by atoms with Crippen molar-refractivity contribution in [3.05, 3.63) is 53.6 Å². The zero-order valence-electron chi connectivity index (χ0n) is 15.0. The van der Waals surface area contributed by atoms with Gasteiger partial charge in [0.05, 0.1) is 11.7 Å². The van der Waals surface area contributed by atoms with Gasteiger partial charge in [0, 0.05) is 10.6 Å². The molecule has 1 aliphatic rings. The quantitative estimate of drug-likeness (QED) is 0.295. The van der Waals surface area contributed by atoms with Gasteiger partial charge in [0.15, 0.2) is 0 Å². The van der Waals surface area contributed by atoms with Gasteiger partial charge in [-0.15, -0.1) is 11.8 Å². The Balaban J connectivity index is 1.60. The van der Waals surface area contributed by atoms with Gasteiger partial charge in [-0.3, -0.25) is 0 Å². The maximum absolute atomic E-state index is 5.64. The van der Waals surface area contributed by atoms with Crippen molar-refractivity contribution in [3.8, 4) is 0 Å². The zero-order valence-corrected chi connectivity index (χ0v) is 15.8. The summed E-state index contributed by atoms with van der Waals surface area (Å²) in [4.78, 5) is 1.34. The van der Waals surface area contributed by atoms with Crippen molar-refractivity contribution < 1.29 is 4.74 Å². The van der Waals surface area contributed by atoms with Crippen LogP contribution in [0.15, 0.2) is 58.5 Å². The highest BCUT2D eigenvalue weighted by atomic mass is 32.2. The van der Waals surface area contributed by atoms with Gasteiger partial charge in [0.25, 0.3) is 0 Å². The molecule has 1 aromatic carbocycles. The first kappa shape index (κ1) is 18.4. The van der Waals surface area contributed by atoms with E-state index in [2.05, 4.69) is 70.2 Å². The van der Waals surface area contributed by atoms with Crippen LogP contribution in [0, 0.1) is 0 Å². The standard InChI is InChI=1S/C21H30OS/c1-17(13-14-20-21(3,4)22-20)9-8-10-18(2)15-16-23-19-11-6-5-7-12-19/h5-7,9,11-12,15,20H,8,10,13-14,16H2,1-4H3/b17-9+,18-15-/t20-/m1/s1. The number of thioether (sulfide) groups is 1. The molecule has 1 heterocycles. The monoisotopic (exact) mass is 330 g/mol. The fourth-order valence-corrected chi connectivity index (χ4v) is 3.56. The van der Waals surface area contributed by atoms with Crippen LogP contribution in [-0.4, -0.2) is 17.5 Å². The highest BCUT2D eigenvalue weighted by Gasteiger charge is 2.46. The van der Waals surface area contributed by atoms with Crippen LogP contribution >= 0.6 is 11.8 Å². The lowest BCUT2D eigenvalue weighted by molar-refractivity contribution is 0.320. The maximum Gasteiger partial charge on any atom is 0.0892 e. The molecule has 0 radical (unpaired) electrons. The van der Waals surface area contributed by atoms with E-state index in [-0.39, 0.29) is 5.60 Å². The molecule has 1 saturated heterocycles. The molecule has 1 aromatic rings. The Morgan fingerprint density at radius 2 is 1.74 bits per heavy atom. The summed E-state index contributed by atoms with van der Waals surface area (Å²) in [6.45, 7) is 8.85. The molecular formula is C21H30OS. The lowest BCUT2D eigenvalue weighted by Gasteiger charge is -2.03. The van der Waals surface area contributed by atoms with Gasteiger partial charge in [-0.1, -0.05) is 41.5 Å². The minimum atomic E-state index is 0.135. The molecule has 2 heteroatoms. The fourth-order valence-electron chi connectivity index (χ4n) is 2.65. The molecule has 2 rings (SSSR count). The van der Waals surface area contributed by atoms with E-state index in [1.165, 1.54) is 22.5 Å². The summed E-state index contributed by atoms with van der Waals surface area (Å²) in [7, 11) is 0. The summed E-state index contributed by atoms with van der Waals surface area (Å²) < 4.78 is 5.64. The smallest absolute Gasteiger partial charge is 0.0892 e. The van der Waals surface area contributed by atoms with E-state index in [1.807, 2.05) is 11.8 Å². The molecule has 1 fully saturated rings. The molecule has 0 bridgehead atoms. The van der Waals surface area contributed by atoms with Crippen molar-refractivity contribution in [2.24, 2.45) is 0 Å². The Kier molecular flexibility index (Phi) is 6.98. The molecule has 0 aliphatic carbocycles. The molecule has 0 amide bonds. The van der Waals surface area contributed by atoms with E-state index in [0.717, 1.165) is 25.0 Å². The van der Waals surface area contributed by atoms with E-state index in [9.17, 15) is 0 Å². The van der Waals surface area contributed by atoms with E-state index in [0.29, 0.717) is 6.10 Å². The van der Waals surface area contributed by atoms with Crippen molar-refractivity contribution in [3.63, 3.8) is 0 Å². The van der Waals surface area contributed by atoms with Gasteiger partial charge in [0.2, 0.25) is 0 Å². The Morgan fingerprint density at radius 1 is 1.09 bits per heavy atom. The Morgan fingerprint density at radius 3 is 2.39 bits per heavy atom. The topological polar surface area (TPSA) is 12.5 Å². The van der Waals surface area contributed by atoms with Gasteiger partial charge in [-0.25, -0.2) is 0 Å². The summed E-state index contributed by atoms with van der Waals surface area (Å²) in [6, 6.07) is 10.6. The van der Waals surface area contributed by atoms with Crippen molar-refractivity contribution in [2.75, 3.05) is 5.75 Å². The van der Waals surface area contributed by atoms with Crippen molar-refractivity contribution in [2.45, 2.75) is 70.0 Å². The first-order chi connectivity index (χ1) is 11.0. The first-order valence-electron chi connectivity index (χ1n) is 8.64. The number of hydrogen-bond acceptors (Lipinski definition) is 2. The number of benzene rings is 1. The summed E-state index contributed by atoms with van der Waals surface area (Å²) in [5.41, 5.74) is 3.13. The van der Waals surface area contributed by atoms with Crippen molar-refractivity contribution in [1.29, 1.82) is 0 Å². The zero-order chi connectivity index (χ0) is 16.7. The second kappa shape index (κ2) is 8.75. The molecule has 1 atom stereocenters. The van der Waals surface area contributed by atoms with E-state index < -0.39 is 0 Å². The Bertz CT molecular complexity index is 542. The highest BCUT2D eigenvalue weighted by molar-refractivity contribution is 7.99. The third-order valence-corrected chi connectivity index (χ3v) is 5.36. The van der Waals surface area contributed by atoms with Crippen LogP contribution in [-0.2, 0) is 4.74 Å². The lowest BCUT2D eigenvalue weighted by atomic mass is 10.0. The summed E-state index contributed by atoms with van der Waals surface area (Å²) in [5, 5.41) is 0. The largest absolute Gasteiger partial charge is 0.367 e. The van der Waals surface area contributed by atoms with Crippen LogP contribution in [0.1, 0.15) is 53.4 Å². The van der Waals surface area contributed by atoms with Crippen molar-refractivity contribution >= 4 is 11.8 Å². The van der Waals surface area contributed by atoms with Gasteiger partial charge >= 0.3 is 0 Å². The third-order valence-electron chi connectivity index (χ3n) is 4.42. The average Bonchev–Trinajstić information content (AvgIpc) is 3.13. The molecular weight excluding hydrogens is 300 g/mol. The lowest BCUT2D eigenvalue weighted by Crippen LogP contribution is -2.02. The molecule has 1 aliphatic heterocycles. The second-order valence-electron chi connectivity index (χ2n) is 7.01. The number of rotatable bonds is 9. The fraction of sp³-hybridized carbons (Fsp3) is 0.524. The van der Waals surface area contributed by atoms with Crippen LogP contribution in [0.3, 0.4) is 0 Å². The predicted molar refractivity (Wildman–Crippen MR) is 102 cm³/mol. The molecule has 0 N–H and O–H groups in total. The summed E-state index contributed by atoms with van der Waals surface area (Å²) in [5.74, 6) is 1.06. The predicted octanol–water partition coefficient (Wildman–Crippen LogP) is 6.41. The highest BCUT2D eigenvalue weighted by Crippen LogP contribution is 2.38. The van der Waals surface area contributed by atoms with Gasteiger partial charge in [-0.05, 0) is 65.5 Å². The average molecular weight is 331 g/mol. The van der Waals surface area contributed by atoms with E-state index in [4.69, 9.17) is 4.74 Å².